The maximum Gasteiger partial charge on any atom is 0.306 e. The van der Waals surface area contributed by atoms with E-state index in [1.165, 1.54) is 25.7 Å². The van der Waals surface area contributed by atoms with Crippen molar-refractivity contribution in [3.8, 4) is 0 Å². The minimum atomic E-state index is -0.588. The number of carboxylic acid groups (broad SMARTS) is 1. The molecule has 18 heavy (non-hydrogen) atoms. The highest BCUT2D eigenvalue weighted by Crippen LogP contribution is 2.44. The van der Waals surface area contributed by atoms with Crippen LogP contribution in [-0.2, 0) is 4.79 Å². The fourth-order valence-electron chi connectivity index (χ4n) is 3.55. The van der Waals surface area contributed by atoms with Gasteiger partial charge in [-0.3, -0.25) is 4.79 Å². The summed E-state index contributed by atoms with van der Waals surface area (Å²) in [5.41, 5.74) is 0. The van der Waals surface area contributed by atoms with Gasteiger partial charge in [-0.05, 0) is 75.7 Å². The van der Waals surface area contributed by atoms with E-state index in [1.807, 2.05) is 0 Å². The van der Waals surface area contributed by atoms with Crippen molar-refractivity contribution < 1.29 is 9.90 Å². The smallest absolute Gasteiger partial charge is 0.306 e. The molecule has 0 aromatic carbocycles. The molecule has 0 amide bonds. The van der Waals surface area contributed by atoms with Crippen LogP contribution in [0.1, 0.15) is 51.4 Å². The molecule has 3 heteroatoms. The normalized spacial score (nSPS) is 32.7. The minimum Gasteiger partial charge on any atom is -0.481 e. The van der Waals surface area contributed by atoms with E-state index in [0.717, 1.165) is 56.0 Å². The molecule has 3 rings (SSSR count). The van der Waals surface area contributed by atoms with Gasteiger partial charge in [0.05, 0.1) is 5.92 Å². The predicted octanol–water partition coefficient (Wildman–Crippen LogP) is 2.66. The Labute approximate surface area is 109 Å². The molecular formula is C15H25NO2. The van der Waals surface area contributed by atoms with Crippen LogP contribution in [0, 0.1) is 23.7 Å². The summed E-state index contributed by atoms with van der Waals surface area (Å²) < 4.78 is 0. The molecule has 0 radical (unpaired) electrons. The van der Waals surface area contributed by atoms with Gasteiger partial charge >= 0.3 is 5.97 Å². The van der Waals surface area contributed by atoms with Crippen LogP contribution in [0.3, 0.4) is 0 Å². The highest BCUT2D eigenvalue weighted by atomic mass is 16.4. The predicted molar refractivity (Wildman–Crippen MR) is 70.3 cm³/mol. The molecule has 3 nitrogen and oxygen atoms in total. The van der Waals surface area contributed by atoms with Crippen LogP contribution in [0.15, 0.2) is 0 Å². The lowest BCUT2D eigenvalue weighted by atomic mass is 9.82. The van der Waals surface area contributed by atoms with Gasteiger partial charge in [0.15, 0.2) is 0 Å². The number of carboxylic acids is 1. The van der Waals surface area contributed by atoms with Gasteiger partial charge in [0.2, 0.25) is 0 Å². The zero-order valence-corrected chi connectivity index (χ0v) is 11.1. The maximum absolute atomic E-state index is 10.9. The first-order valence-electron chi connectivity index (χ1n) is 7.70. The van der Waals surface area contributed by atoms with E-state index in [9.17, 15) is 4.79 Å². The Morgan fingerprint density at radius 2 is 1.56 bits per heavy atom. The van der Waals surface area contributed by atoms with Crippen LogP contribution in [0.4, 0.5) is 0 Å². The van der Waals surface area contributed by atoms with Gasteiger partial charge in [0.1, 0.15) is 0 Å². The van der Waals surface area contributed by atoms with Crippen molar-refractivity contribution in [2.45, 2.75) is 57.4 Å². The zero-order chi connectivity index (χ0) is 12.5. The Hall–Kier alpha value is -0.570. The highest BCUT2D eigenvalue weighted by molar-refractivity contribution is 5.69. The number of carbonyl (C=O) groups is 1. The SMILES string of the molecule is O=C(O)C1CCC(CNC(C2CC2)C2CC2)CC1. The number of hydrogen-bond donors (Lipinski definition) is 2. The average molecular weight is 251 g/mol. The molecule has 2 N–H and O–H groups in total. The average Bonchev–Trinajstić information content (AvgIpc) is 3.24. The largest absolute Gasteiger partial charge is 0.481 e. The van der Waals surface area contributed by atoms with Crippen LogP contribution in [0.2, 0.25) is 0 Å². The third kappa shape index (κ3) is 3.05. The van der Waals surface area contributed by atoms with E-state index in [1.54, 1.807) is 0 Å². The summed E-state index contributed by atoms with van der Waals surface area (Å²) in [7, 11) is 0. The monoisotopic (exact) mass is 251 g/mol. The van der Waals surface area contributed by atoms with Crippen LogP contribution >= 0.6 is 0 Å². The van der Waals surface area contributed by atoms with Crippen LogP contribution in [0.25, 0.3) is 0 Å². The molecule has 3 saturated carbocycles. The molecular weight excluding hydrogens is 226 g/mol. The van der Waals surface area contributed by atoms with Crippen molar-refractivity contribution >= 4 is 5.97 Å². The van der Waals surface area contributed by atoms with Crippen molar-refractivity contribution in [3.05, 3.63) is 0 Å². The third-order valence-electron chi connectivity index (χ3n) is 5.10. The summed E-state index contributed by atoms with van der Waals surface area (Å²) >= 11 is 0. The molecule has 0 aromatic rings. The fraction of sp³-hybridized carbons (Fsp3) is 0.933. The van der Waals surface area contributed by atoms with E-state index in [2.05, 4.69) is 5.32 Å². The third-order valence-corrected chi connectivity index (χ3v) is 5.10. The molecule has 0 atom stereocenters. The van der Waals surface area contributed by atoms with Gasteiger partial charge in [-0.1, -0.05) is 0 Å². The summed E-state index contributed by atoms with van der Waals surface area (Å²) in [6, 6.07) is 0.794. The van der Waals surface area contributed by atoms with E-state index < -0.39 is 5.97 Å². The topological polar surface area (TPSA) is 49.3 Å². The number of aliphatic carboxylic acids is 1. The van der Waals surface area contributed by atoms with Gasteiger partial charge < -0.3 is 10.4 Å². The summed E-state index contributed by atoms with van der Waals surface area (Å²) in [5, 5.41) is 12.8. The molecule has 0 aromatic heterocycles. The first-order valence-corrected chi connectivity index (χ1v) is 7.70. The van der Waals surface area contributed by atoms with Gasteiger partial charge in [0.25, 0.3) is 0 Å². The van der Waals surface area contributed by atoms with Crippen molar-refractivity contribution in [1.29, 1.82) is 0 Å². The second-order valence-electron chi connectivity index (χ2n) is 6.66. The van der Waals surface area contributed by atoms with Crippen molar-refractivity contribution in [2.75, 3.05) is 6.54 Å². The van der Waals surface area contributed by atoms with Crippen molar-refractivity contribution in [3.63, 3.8) is 0 Å². The van der Waals surface area contributed by atoms with Crippen LogP contribution in [-0.4, -0.2) is 23.7 Å². The molecule has 0 spiro atoms. The van der Waals surface area contributed by atoms with E-state index >= 15 is 0 Å². The van der Waals surface area contributed by atoms with Gasteiger partial charge in [0, 0.05) is 6.04 Å². The van der Waals surface area contributed by atoms with E-state index in [-0.39, 0.29) is 5.92 Å². The molecule has 3 fully saturated rings. The molecule has 3 aliphatic rings. The lowest BCUT2D eigenvalue weighted by Crippen LogP contribution is -2.38. The maximum atomic E-state index is 10.9. The lowest BCUT2D eigenvalue weighted by molar-refractivity contribution is -0.143. The van der Waals surface area contributed by atoms with Crippen LogP contribution in [0.5, 0.6) is 0 Å². The Bertz CT molecular complexity index is 290. The molecule has 0 unspecified atom stereocenters. The molecule has 0 saturated heterocycles. The number of rotatable bonds is 6. The zero-order valence-electron chi connectivity index (χ0n) is 11.1. The van der Waals surface area contributed by atoms with Crippen LogP contribution < -0.4 is 5.32 Å². The Balaban J connectivity index is 1.39. The van der Waals surface area contributed by atoms with Crippen molar-refractivity contribution in [1.82, 2.24) is 5.32 Å². The highest BCUT2D eigenvalue weighted by Gasteiger charge is 2.41. The Kier molecular flexibility index (Phi) is 3.60. The quantitative estimate of drug-likeness (QED) is 0.763. The first-order chi connectivity index (χ1) is 8.74. The minimum absolute atomic E-state index is 0.0658. The summed E-state index contributed by atoms with van der Waals surface area (Å²) in [6.07, 6.45) is 9.70. The summed E-state index contributed by atoms with van der Waals surface area (Å²) in [5.74, 6) is 2.00. The molecule has 102 valence electrons. The van der Waals surface area contributed by atoms with Gasteiger partial charge in [-0.15, -0.1) is 0 Å². The first kappa shape index (κ1) is 12.5. The number of nitrogens with one attached hydrogen (secondary N) is 1. The van der Waals surface area contributed by atoms with E-state index in [4.69, 9.17) is 5.11 Å². The Morgan fingerprint density at radius 1 is 1.00 bits per heavy atom. The Morgan fingerprint density at radius 3 is 2.00 bits per heavy atom. The standard InChI is InChI=1S/C15H25NO2/c17-15(18)13-3-1-10(2-4-13)9-16-14(11-5-6-11)12-7-8-12/h10-14,16H,1-9H2,(H,17,18). The second-order valence-corrected chi connectivity index (χ2v) is 6.66. The fourth-order valence-corrected chi connectivity index (χ4v) is 3.55. The molecule has 0 aliphatic heterocycles. The molecule has 3 aliphatic carbocycles. The van der Waals surface area contributed by atoms with Gasteiger partial charge in [-0.2, -0.15) is 0 Å². The van der Waals surface area contributed by atoms with Gasteiger partial charge in [-0.25, -0.2) is 0 Å². The molecule has 0 heterocycles. The number of hydrogen-bond acceptors (Lipinski definition) is 2. The second kappa shape index (κ2) is 5.20. The van der Waals surface area contributed by atoms with E-state index in [0.29, 0.717) is 0 Å². The summed E-state index contributed by atoms with van der Waals surface area (Å²) in [6.45, 7) is 1.13. The van der Waals surface area contributed by atoms with Crippen molar-refractivity contribution in [2.24, 2.45) is 23.7 Å². The summed E-state index contributed by atoms with van der Waals surface area (Å²) in [4.78, 5) is 10.9. The lowest BCUT2D eigenvalue weighted by Gasteiger charge is -2.28. The molecule has 0 bridgehead atoms.